The first kappa shape index (κ1) is 21.6. The third-order valence-corrected chi connectivity index (χ3v) is 5.40. The minimum Gasteiger partial charge on any atom is -0.496 e. The van der Waals surface area contributed by atoms with Crippen LogP contribution < -0.4 is 10.1 Å². The maximum absolute atomic E-state index is 5.45. The van der Waals surface area contributed by atoms with E-state index >= 15 is 0 Å². The molecule has 1 N–H and O–H groups in total. The van der Waals surface area contributed by atoms with E-state index in [4.69, 9.17) is 4.74 Å². The lowest BCUT2D eigenvalue weighted by atomic mass is 9.80. The number of nitrogens with zero attached hydrogens (tertiary/aromatic N) is 1. The Morgan fingerprint density at radius 2 is 1.75 bits per heavy atom. The summed E-state index contributed by atoms with van der Waals surface area (Å²) >= 11 is 0. The second-order valence-corrected chi connectivity index (χ2v) is 6.86. The predicted molar refractivity (Wildman–Crippen MR) is 106 cm³/mol. The first-order chi connectivity index (χ1) is 10.8. The van der Waals surface area contributed by atoms with Crippen LogP contribution in [0.15, 0.2) is 18.2 Å². The fourth-order valence-electron chi connectivity index (χ4n) is 4.28. The van der Waals surface area contributed by atoms with Gasteiger partial charge in [-0.05, 0) is 42.9 Å². The highest BCUT2D eigenvalue weighted by Crippen LogP contribution is 2.39. The molecular weight excluding hydrogens is 343 g/mol. The van der Waals surface area contributed by atoms with E-state index in [0.717, 1.165) is 24.8 Å². The van der Waals surface area contributed by atoms with Crippen LogP contribution in [-0.2, 0) is 0 Å². The van der Waals surface area contributed by atoms with E-state index in [2.05, 4.69) is 35.3 Å². The predicted octanol–water partition coefficient (Wildman–Crippen LogP) is 4.37. The second kappa shape index (κ2) is 10.5. The average Bonchev–Trinajstić information content (AvgIpc) is 2.57. The molecule has 2 aliphatic rings. The Hall–Kier alpha value is -0.480. The summed E-state index contributed by atoms with van der Waals surface area (Å²) in [5, 5.41) is 3.49. The highest BCUT2D eigenvalue weighted by molar-refractivity contribution is 5.85. The zero-order valence-electron chi connectivity index (χ0n) is 14.9. The Balaban J connectivity index is 0.00000144. The molecule has 0 bridgehead atoms. The zero-order valence-corrected chi connectivity index (χ0v) is 16.6. The molecule has 5 heteroatoms. The summed E-state index contributed by atoms with van der Waals surface area (Å²) in [5.74, 6) is 1.83. The first-order valence-corrected chi connectivity index (χ1v) is 8.89. The van der Waals surface area contributed by atoms with E-state index in [9.17, 15) is 0 Å². The topological polar surface area (TPSA) is 24.5 Å². The van der Waals surface area contributed by atoms with Gasteiger partial charge >= 0.3 is 0 Å². The van der Waals surface area contributed by atoms with Gasteiger partial charge in [0.05, 0.1) is 7.11 Å². The second-order valence-electron chi connectivity index (χ2n) is 6.86. The number of hydrogen-bond acceptors (Lipinski definition) is 3. The molecule has 1 saturated heterocycles. The van der Waals surface area contributed by atoms with Crippen LogP contribution in [0.2, 0.25) is 0 Å². The van der Waals surface area contributed by atoms with Crippen molar-refractivity contribution in [3.8, 4) is 5.75 Å². The summed E-state index contributed by atoms with van der Waals surface area (Å²) < 4.78 is 5.45. The summed E-state index contributed by atoms with van der Waals surface area (Å²) in [6.45, 7) is 6.76. The number of methoxy groups -OCH3 is 1. The Labute approximate surface area is 159 Å². The lowest BCUT2D eigenvalue weighted by molar-refractivity contribution is 0.103. The van der Waals surface area contributed by atoms with Gasteiger partial charge in [0, 0.05) is 32.2 Å². The van der Waals surface area contributed by atoms with Gasteiger partial charge in [-0.3, -0.25) is 4.90 Å². The molecule has 1 aliphatic carbocycles. The molecule has 24 heavy (non-hydrogen) atoms. The molecule has 1 saturated carbocycles. The number of hydrogen-bond donors (Lipinski definition) is 1. The van der Waals surface area contributed by atoms with Crippen molar-refractivity contribution in [2.75, 3.05) is 33.3 Å². The molecule has 0 aromatic heterocycles. The Morgan fingerprint density at radius 1 is 1.08 bits per heavy atom. The molecule has 0 amide bonds. The minimum atomic E-state index is 0. The van der Waals surface area contributed by atoms with Crippen molar-refractivity contribution < 1.29 is 4.74 Å². The lowest BCUT2D eigenvalue weighted by Crippen LogP contribution is -2.47. The maximum Gasteiger partial charge on any atom is 0.121 e. The van der Waals surface area contributed by atoms with Gasteiger partial charge in [-0.15, -0.1) is 24.8 Å². The molecule has 3 rings (SSSR count). The molecule has 0 spiro atoms. The molecule has 3 nitrogen and oxygen atoms in total. The molecule has 1 aliphatic heterocycles. The van der Waals surface area contributed by atoms with E-state index in [-0.39, 0.29) is 24.8 Å². The van der Waals surface area contributed by atoms with Gasteiger partial charge in [0.25, 0.3) is 0 Å². The summed E-state index contributed by atoms with van der Waals surface area (Å²) in [6.07, 6.45) is 7.01. The Morgan fingerprint density at radius 3 is 2.33 bits per heavy atom. The molecular formula is C19H32Cl2N2O. The van der Waals surface area contributed by atoms with E-state index in [0.29, 0.717) is 6.04 Å². The van der Waals surface area contributed by atoms with Crippen LogP contribution in [0.25, 0.3) is 0 Å². The van der Waals surface area contributed by atoms with Crippen LogP contribution in [0.1, 0.15) is 49.3 Å². The number of aryl methyl sites for hydroxylation is 1. The van der Waals surface area contributed by atoms with Crippen LogP contribution >= 0.6 is 24.8 Å². The summed E-state index contributed by atoms with van der Waals surface area (Å²) in [7, 11) is 1.76. The van der Waals surface area contributed by atoms with E-state index in [1.807, 2.05) is 0 Å². The van der Waals surface area contributed by atoms with Crippen LogP contribution in [0, 0.1) is 12.8 Å². The van der Waals surface area contributed by atoms with Gasteiger partial charge in [-0.1, -0.05) is 31.4 Å². The van der Waals surface area contributed by atoms with E-state index in [1.54, 1.807) is 7.11 Å². The molecule has 0 unspecified atom stereocenters. The Kier molecular flexibility index (Phi) is 9.43. The van der Waals surface area contributed by atoms with Crippen molar-refractivity contribution in [3.63, 3.8) is 0 Å². The van der Waals surface area contributed by atoms with Crippen molar-refractivity contribution in [2.24, 2.45) is 5.92 Å². The molecule has 0 radical (unpaired) electrons. The van der Waals surface area contributed by atoms with Crippen molar-refractivity contribution >= 4 is 24.8 Å². The van der Waals surface area contributed by atoms with E-state index in [1.165, 1.54) is 56.3 Å². The number of benzene rings is 1. The molecule has 138 valence electrons. The molecule has 1 aromatic rings. The SMILES string of the molecule is COc1ccc([C@@H](C2CCCCC2)N2CCNCC2)cc1C.Cl.Cl. The maximum atomic E-state index is 5.45. The number of nitrogens with one attached hydrogen (secondary N) is 1. The van der Waals surface area contributed by atoms with Gasteiger partial charge in [0.15, 0.2) is 0 Å². The first-order valence-electron chi connectivity index (χ1n) is 8.89. The average molecular weight is 375 g/mol. The van der Waals surface area contributed by atoms with Gasteiger partial charge in [-0.25, -0.2) is 0 Å². The van der Waals surface area contributed by atoms with Crippen molar-refractivity contribution in [1.82, 2.24) is 10.2 Å². The third kappa shape index (κ3) is 5.01. The van der Waals surface area contributed by atoms with Gasteiger partial charge in [0.2, 0.25) is 0 Å². The van der Waals surface area contributed by atoms with Gasteiger partial charge in [0.1, 0.15) is 5.75 Å². The number of ether oxygens (including phenoxy) is 1. The van der Waals surface area contributed by atoms with Crippen molar-refractivity contribution in [2.45, 2.75) is 45.1 Å². The number of rotatable bonds is 4. The normalized spacial score (nSPS) is 20.6. The minimum absolute atomic E-state index is 0. The highest BCUT2D eigenvalue weighted by Gasteiger charge is 2.31. The summed E-state index contributed by atoms with van der Waals surface area (Å²) in [5.41, 5.74) is 2.75. The summed E-state index contributed by atoms with van der Waals surface area (Å²) in [6, 6.07) is 7.41. The van der Waals surface area contributed by atoms with Gasteiger partial charge < -0.3 is 10.1 Å². The van der Waals surface area contributed by atoms with Crippen molar-refractivity contribution in [3.05, 3.63) is 29.3 Å². The third-order valence-electron chi connectivity index (χ3n) is 5.40. The molecule has 1 heterocycles. The number of halogens is 2. The monoisotopic (exact) mass is 374 g/mol. The highest BCUT2D eigenvalue weighted by atomic mass is 35.5. The zero-order chi connectivity index (χ0) is 15.4. The van der Waals surface area contributed by atoms with Crippen LogP contribution in [0.3, 0.4) is 0 Å². The van der Waals surface area contributed by atoms with Crippen LogP contribution in [0.5, 0.6) is 5.75 Å². The molecule has 2 fully saturated rings. The van der Waals surface area contributed by atoms with Crippen LogP contribution in [0.4, 0.5) is 0 Å². The summed E-state index contributed by atoms with van der Waals surface area (Å²) in [4.78, 5) is 2.72. The quantitative estimate of drug-likeness (QED) is 0.846. The molecule has 1 atom stereocenters. The fourth-order valence-corrected chi connectivity index (χ4v) is 4.28. The van der Waals surface area contributed by atoms with Gasteiger partial charge in [-0.2, -0.15) is 0 Å². The van der Waals surface area contributed by atoms with Crippen LogP contribution in [-0.4, -0.2) is 38.2 Å². The lowest BCUT2D eigenvalue weighted by Gasteiger charge is -2.41. The Bertz CT molecular complexity index is 468. The largest absolute Gasteiger partial charge is 0.496 e. The molecule has 1 aromatic carbocycles. The van der Waals surface area contributed by atoms with E-state index < -0.39 is 0 Å². The van der Waals surface area contributed by atoms with Crippen molar-refractivity contribution in [1.29, 1.82) is 0 Å². The fraction of sp³-hybridized carbons (Fsp3) is 0.684. The smallest absolute Gasteiger partial charge is 0.121 e. The standard InChI is InChI=1S/C19H30N2O.2ClH/c1-15-14-17(8-9-18(15)22-2)19(16-6-4-3-5-7-16)21-12-10-20-11-13-21;;/h8-9,14,16,19-20H,3-7,10-13H2,1-2H3;2*1H/t19-;;/m1../s1. The number of piperazine rings is 1.